The van der Waals surface area contributed by atoms with Gasteiger partial charge in [0.25, 0.3) is 0 Å². The Labute approximate surface area is 85.8 Å². The summed E-state index contributed by atoms with van der Waals surface area (Å²) in [6, 6.07) is 7.11. The van der Waals surface area contributed by atoms with E-state index in [4.69, 9.17) is 5.11 Å². The molecule has 0 bridgehead atoms. The summed E-state index contributed by atoms with van der Waals surface area (Å²) in [5.74, 6) is -0.523. The molecule has 14 heavy (non-hydrogen) atoms. The summed E-state index contributed by atoms with van der Waals surface area (Å²) in [4.78, 5) is 11.8. The number of hydrogen-bond acceptors (Lipinski definition) is 3. The number of aliphatic hydroxyl groups is 1. The van der Waals surface area contributed by atoms with E-state index in [0.29, 0.717) is 11.3 Å². The van der Waals surface area contributed by atoms with Crippen LogP contribution in [0.1, 0.15) is 12.0 Å². The van der Waals surface area contributed by atoms with Gasteiger partial charge in [-0.2, -0.15) is 0 Å². The summed E-state index contributed by atoms with van der Waals surface area (Å²) in [7, 11) is 0. The van der Waals surface area contributed by atoms with Crippen LogP contribution in [0.5, 0.6) is 0 Å². The molecule has 0 saturated carbocycles. The highest BCUT2D eigenvalue weighted by atomic mass is 32.2. The van der Waals surface area contributed by atoms with Crippen LogP contribution >= 0.6 is 11.8 Å². The van der Waals surface area contributed by atoms with Gasteiger partial charge in [0.1, 0.15) is 0 Å². The predicted octanol–water partition coefficient (Wildman–Crippen LogP) is 1.45. The van der Waals surface area contributed by atoms with Gasteiger partial charge in [-0.3, -0.25) is 0 Å². The van der Waals surface area contributed by atoms with Crippen molar-refractivity contribution in [2.75, 3.05) is 5.75 Å². The van der Waals surface area contributed by atoms with Crippen LogP contribution < -0.4 is 0 Å². The van der Waals surface area contributed by atoms with Crippen molar-refractivity contribution < 1.29 is 15.0 Å². The number of carbonyl (C=O) groups is 1. The standard InChI is InChI=1S/C10H10O3S/c11-9(12)10(13)5-6-14-8-4-2-1-3-7(8)10/h1-4,13H,5-6H2,(H,11,12). The summed E-state index contributed by atoms with van der Waals surface area (Å²) in [6.07, 6.45) is 0.268. The molecule has 2 N–H and O–H groups in total. The van der Waals surface area contributed by atoms with Crippen LogP contribution in [0, 0.1) is 0 Å². The fourth-order valence-electron chi connectivity index (χ4n) is 1.60. The van der Waals surface area contributed by atoms with E-state index in [9.17, 15) is 9.90 Å². The Morgan fingerprint density at radius 1 is 1.43 bits per heavy atom. The van der Waals surface area contributed by atoms with Crippen molar-refractivity contribution in [1.29, 1.82) is 0 Å². The van der Waals surface area contributed by atoms with Gasteiger partial charge in [0.15, 0.2) is 5.60 Å². The first-order valence-corrected chi connectivity index (χ1v) is 5.31. The van der Waals surface area contributed by atoms with Crippen LogP contribution in [-0.2, 0) is 10.4 Å². The minimum absolute atomic E-state index is 0.268. The van der Waals surface area contributed by atoms with Crippen molar-refractivity contribution in [3.8, 4) is 0 Å². The monoisotopic (exact) mass is 210 g/mol. The zero-order valence-corrected chi connectivity index (χ0v) is 8.25. The summed E-state index contributed by atoms with van der Waals surface area (Å²) in [6.45, 7) is 0. The fraction of sp³-hybridized carbons (Fsp3) is 0.300. The molecule has 1 aliphatic rings. The molecule has 1 aliphatic heterocycles. The van der Waals surface area contributed by atoms with Gasteiger partial charge in [0.05, 0.1) is 0 Å². The van der Waals surface area contributed by atoms with Crippen molar-refractivity contribution in [2.24, 2.45) is 0 Å². The number of carboxylic acids is 1. The lowest BCUT2D eigenvalue weighted by Crippen LogP contribution is -2.38. The van der Waals surface area contributed by atoms with Gasteiger partial charge >= 0.3 is 5.97 Å². The Hall–Kier alpha value is -1.00. The first-order valence-electron chi connectivity index (χ1n) is 4.33. The fourth-order valence-corrected chi connectivity index (χ4v) is 2.78. The van der Waals surface area contributed by atoms with Crippen LogP contribution in [-0.4, -0.2) is 21.9 Å². The molecule has 1 atom stereocenters. The van der Waals surface area contributed by atoms with E-state index < -0.39 is 11.6 Å². The molecule has 2 rings (SSSR count). The Balaban J connectivity index is 2.55. The van der Waals surface area contributed by atoms with Crippen molar-refractivity contribution in [1.82, 2.24) is 0 Å². The number of fused-ring (bicyclic) bond motifs is 1. The Morgan fingerprint density at radius 3 is 2.86 bits per heavy atom. The van der Waals surface area contributed by atoms with E-state index in [1.165, 1.54) is 0 Å². The minimum Gasteiger partial charge on any atom is -0.479 e. The molecule has 1 aromatic carbocycles. The van der Waals surface area contributed by atoms with Crippen LogP contribution in [0.3, 0.4) is 0 Å². The third-order valence-corrected chi connectivity index (χ3v) is 3.48. The Bertz CT molecular complexity index is 377. The highest BCUT2D eigenvalue weighted by molar-refractivity contribution is 7.99. The third kappa shape index (κ3) is 1.31. The van der Waals surface area contributed by atoms with Crippen molar-refractivity contribution in [3.63, 3.8) is 0 Å². The molecule has 0 amide bonds. The number of hydrogen-bond donors (Lipinski definition) is 2. The maximum atomic E-state index is 11.0. The molecule has 3 nitrogen and oxygen atoms in total. The number of carboxylic acid groups (broad SMARTS) is 1. The lowest BCUT2D eigenvalue weighted by molar-refractivity contribution is -0.160. The Morgan fingerprint density at radius 2 is 2.14 bits per heavy atom. The van der Waals surface area contributed by atoms with Gasteiger partial charge in [-0.05, 0) is 6.07 Å². The largest absolute Gasteiger partial charge is 0.479 e. The normalized spacial score (nSPS) is 25.5. The van der Waals surface area contributed by atoms with E-state index in [0.717, 1.165) is 4.90 Å². The van der Waals surface area contributed by atoms with Crippen molar-refractivity contribution in [2.45, 2.75) is 16.9 Å². The van der Waals surface area contributed by atoms with E-state index in [-0.39, 0.29) is 6.42 Å². The molecule has 0 spiro atoms. The number of benzene rings is 1. The number of aliphatic carboxylic acids is 1. The molecule has 1 aromatic rings. The second-order valence-corrected chi connectivity index (χ2v) is 4.40. The van der Waals surface area contributed by atoms with E-state index >= 15 is 0 Å². The molecule has 1 unspecified atom stereocenters. The highest BCUT2D eigenvalue weighted by Gasteiger charge is 2.41. The van der Waals surface area contributed by atoms with Crippen LogP contribution in [0.25, 0.3) is 0 Å². The predicted molar refractivity (Wildman–Crippen MR) is 53.3 cm³/mol. The zero-order chi connectivity index (χ0) is 10.2. The maximum absolute atomic E-state index is 11.0. The summed E-state index contributed by atoms with van der Waals surface area (Å²) < 4.78 is 0. The maximum Gasteiger partial charge on any atom is 0.340 e. The molecule has 74 valence electrons. The van der Waals surface area contributed by atoms with Gasteiger partial charge in [-0.25, -0.2) is 4.79 Å². The zero-order valence-electron chi connectivity index (χ0n) is 7.43. The summed E-state index contributed by atoms with van der Waals surface area (Å²) in [5.41, 5.74) is -1.18. The smallest absolute Gasteiger partial charge is 0.340 e. The molecule has 0 radical (unpaired) electrons. The van der Waals surface area contributed by atoms with Gasteiger partial charge in [-0.1, -0.05) is 18.2 Å². The van der Waals surface area contributed by atoms with Crippen molar-refractivity contribution in [3.05, 3.63) is 29.8 Å². The van der Waals surface area contributed by atoms with E-state index in [1.54, 1.807) is 23.9 Å². The van der Waals surface area contributed by atoms with Crippen molar-refractivity contribution >= 4 is 17.7 Å². The van der Waals surface area contributed by atoms with Gasteiger partial charge in [-0.15, -0.1) is 11.8 Å². The van der Waals surface area contributed by atoms with Gasteiger partial charge in [0, 0.05) is 22.6 Å². The molecular formula is C10H10O3S. The van der Waals surface area contributed by atoms with Gasteiger partial charge in [0.2, 0.25) is 0 Å². The van der Waals surface area contributed by atoms with E-state index in [2.05, 4.69) is 0 Å². The summed E-state index contributed by atoms with van der Waals surface area (Å²) in [5, 5.41) is 19.0. The topological polar surface area (TPSA) is 57.5 Å². The number of rotatable bonds is 1. The summed E-state index contributed by atoms with van der Waals surface area (Å²) >= 11 is 1.59. The third-order valence-electron chi connectivity index (χ3n) is 2.41. The highest BCUT2D eigenvalue weighted by Crippen LogP contribution is 2.40. The molecule has 0 saturated heterocycles. The van der Waals surface area contributed by atoms with Crippen LogP contribution in [0.2, 0.25) is 0 Å². The van der Waals surface area contributed by atoms with E-state index in [1.807, 2.05) is 12.1 Å². The molecule has 0 fully saturated rings. The first kappa shape index (κ1) is 9.55. The molecule has 1 heterocycles. The minimum atomic E-state index is -1.69. The second kappa shape index (κ2) is 3.29. The molecular weight excluding hydrogens is 200 g/mol. The molecule has 0 aliphatic carbocycles. The number of thioether (sulfide) groups is 1. The van der Waals surface area contributed by atoms with Gasteiger partial charge < -0.3 is 10.2 Å². The average molecular weight is 210 g/mol. The quantitative estimate of drug-likeness (QED) is 0.736. The first-order chi connectivity index (χ1) is 6.64. The molecule has 4 heteroatoms. The average Bonchev–Trinajstić information content (AvgIpc) is 2.18. The lowest BCUT2D eigenvalue weighted by Gasteiger charge is -2.29. The van der Waals surface area contributed by atoms with Crippen LogP contribution in [0.4, 0.5) is 0 Å². The van der Waals surface area contributed by atoms with Crippen LogP contribution in [0.15, 0.2) is 29.2 Å². The SMILES string of the molecule is O=C(O)C1(O)CCSc2ccccc21. The Kier molecular flexibility index (Phi) is 2.25. The lowest BCUT2D eigenvalue weighted by atomic mass is 9.91. The second-order valence-electron chi connectivity index (χ2n) is 3.26. The molecule has 0 aromatic heterocycles.